The Morgan fingerprint density at radius 3 is 2.46 bits per heavy atom. The van der Waals surface area contributed by atoms with Crippen molar-refractivity contribution in [2.24, 2.45) is 5.73 Å². The maximum absolute atomic E-state index is 13.8. The SMILES string of the molecule is COCCOc1ccc(F)cc1S(=O)(=O)N(CCCN)Cc1ccccc1.Cl. The maximum Gasteiger partial charge on any atom is 0.247 e. The van der Waals surface area contributed by atoms with Crippen LogP contribution in [0.4, 0.5) is 4.39 Å². The maximum atomic E-state index is 13.8. The summed E-state index contributed by atoms with van der Waals surface area (Å²) in [6, 6.07) is 12.7. The number of benzene rings is 2. The number of ether oxygens (including phenoxy) is 2. The Morgan fingerprint density at radius 1 is 1.11 bits per heavy atom. The number of sulfonamides is 1. The van der Waals surface area contributed by atoms with E-state index in [1.54, 1.807) is 0 Å². The van der Waals surface area contributed by atoms with Crippen LogP contribution in [0.5, 0.6) is 5.75 Å². The second kappa shape index (κ2) is 12.0. The van der Waals surface area contributed by atoms with E-state index < -0.39 is 15.8 Å². The van der Waals surface area contributed by atoms with Crippen LogP contribution in [0.1, 0.15) is 12.0 Å². The summed E-state index contributed by atoms with van der Waals surface area (Å²) >= 11 is 0. The summed E-state index contributed by atoms with van der Waals surface area (Å²) in [6.45, 7) is 1.18. The van der Waals surface area contributed by atoms with E-state index in [1.165, 1.54) is 23.5 Å². The van der Waals surface area contributed by atoms with Gasteiger partial charge in [-0.3, -0.25) is 0 Å². The van der Waals surface area contributed by atoms with Gasteiger partial charge in [-0.1, -0.05) is 30.3 Å². The molecule has 2 aromatic rings. The van der Waals surface area contributed by atoms with Gasteiger partial charge in [0.1, 0.15) is 23.1 Å². The van der Waals surface area contributed by atoms with Crippen LogP contribution in [0.3, 0.4) is 0 Å². The van der Waals surface area contributed by atoms with Crippen molar-refractivity contribution in [3.8, 4) is 5.75 Å². The Balaban J connectivity index is 0.00000392. The highest BCUT2D eigenvalue weighted by Crippen LogP contribution is 2.29. The normalized spacial score (nSPS) is 11.3. The Morgan fingerprint density at radius 2 is 1.82 bits per heavy atom. The van der Waals surface area contributed by atoms with Gasteiger partial charge in [-0.2, -0.15) is 4.31 Å². The highest BCUT2D eigenvalue weighted by atomic mass is 35.5. The largest absolute Gasteiger partial charge is 0.490 e. The molecule has 0 radical (unpaired) electrons. The fourth-order valence-electron chi connectivity index (χ4n) is 2.52. The van der Waals surface area contributed by atoms with Crippen molar-refractivity contribution in [2.75, 3.05) is 33.4 Å². The smallest absolute Gasteiger partial charge is 0.247 e. The third-order valence-electron chi connectivity index (χ3n) is 3.88. The summed E-state index contributed by atoms with van der Waals surface area (Å²) in [5.41, 5.74) is 6.40. The van der Waals surface area contributed by atoms with Gasteiger partial charge < -0.3 is 15.2 Å². The first-order chi connectivity index (χ1) is 13.0. The highest BCUT2D eigenvalue weighted by molar-refractivity contribution is 7.89. The Hall–Kier alpha value is -1.71. The van der Waals surface area contributed by atoms with Gasteiger partial charge in [0.2, 0.25) is 10.0 Å². The Bertz CT molecular complexity index is 822. The van der Waals surface area contributed by atoms with E-state index in [1.807, 2.05) is 30.3 Å². The third kappa shape index (κ3) is 6.72. The second-order valence-corrected chi connectivity index (χ2v) is 7.81. The lowest BCUT2D eigenvalue weighted by Crippen LogP contribution is -2.33. The molecule has 0 amide bonds. The van der Waals surface area contributed by atoms with Crippen molar-refractivity contribution in [1.29, 1.82) is 0 Å². The third-order valence-corrected chi connectivity index (χ3v) is 5.75. The van der Waals surface area contributed by atoms with Crippen molar-refractivity contribution in [3.05, 3.63) is 59.9 Å². The molecule has 0 saturated carbocycles. The lowest BCUT2D eigenvalue weighted by atomic mass is 10.2. The molecule has 2 N–H and O–H groups in total. The summed E-state index contributed by atoms with van der Waals surface area (Å²) in [4.78, 5) is -0.202. The van der Waals surface area contributed by atoms with Crippen LogP contribution < -0.4 is 10.5 Å². The molecule has 0 saturated heterocycles. The zero-order valence-electron chi connectivity index (χ0n) is 15.7. The lowest BCUT2D eigenvalue weighted by Gasteiger charge is -2.23. The molecule has 9 heteroatoms. The average molecular weight is 433 g/mol. The van der Waals surface area contributed by atoms with Crippen LogP contribution >= 0.6 is 12.4 Å². The van der Waals surface area contributed by atoms with Crippen LogP contribution in [0, 0.1) is 5.82 Å². The number of nitrogens with two attached hydrogens (primary N) is 1. The number of rotatable bonds is 11. The first kappa shape index (κ1) is 24.3. The summed E-state index contributed by atoms with van der Waals surface area (Å²) < 4.78 is 52.1. The molecule has 0 heterocycles. The molecule has 6 nitrogen and oxygen atoms in total. The molecular formula is C19H26ClFN2O4S. The van der Waals surface area contributed by atoms with Crippen LogP contribution in [0.2, 0.25) is 0 Å². The quantitative estimate of drug-likeness (QED) is 0.552. The van der Waals surface area contributed by atoms with Gasteiger partial charge in [0.05, 0.1) is 6.61 Å². The van der Waals surface area contributed by atoms with Crippen molar-refractivity contribution in [2.45, 2.75) is 17.9 Å². The van der Waals surface area contributed by atoms with Crippen LogP contribution in [-0.4, -0.2) is 46.1 Å². The average Bonchev–Trinajstić information content (AvgIpc) is 2.67. The van der Waals surface area contributed by atoms with Gasteiger partial charge in [-0.05, 0) is 36.7 Å². The zero-order valence-corrected chi connectivity index (χ0v) is 17.3. The minimum absolute atomic E-state index is 0. The molecule has 0 aliphatic heterocycles. The van der Waals surface area contributed by atoms with E-state index in [2.05, 4.69) is 0 Å². The number of hydrogen-bond donors (Lipinski definition) is 1. The zero-order chi connectivity index (χ0) is 19.7. The van der Waals surface area contributed by atoms with Crippen molar-refractivity contribution in [3.63, 3.8) is 0 Å². The van der Waals surface area contributed by atoms with Crippen molar-refractivity contribution in [1.82, 2.24) is 4.31 Å². The first-order valence-corrected chi connectivity index (χ1v) is 10.1. The molecule has 0 aliphatic rings. The molecule has 0 aromatic heterocycles. The lowest BCUT2D eigenvalue weighted by molar-refractivity contribution is 0.144. The number of halogens is 2. The van der Waals surface area contributed by atoms with E-state index in [-0.39, 0.29) is 49.4 Å². The second-order valence-electron chi connectivity index (χ2n) is 5.90. The topological polar surface area (TPSA) is 81.9 Å². The predicted octanol–water partition coefficient (Wildman–Crippen LogP) is 2.81. The van der Waals surface area contributed by atoms with Gasteiger partial charge >= 0.3 is 0 Å². The van der Waals surface area contributed by atoms with E-state index in [9.17, 15) is 12.8 Å². The van der Waals surface area contributed by atoms with Gasteiger partial charge in [0.25, 0.3) is 0 Å². The molecule has 0 bridgehead atoms. The predicted molar refractivity (Wildman–Crippen MR) is 109 cm³/mol. The number of hydrogen-bond acceptors (Lipinski definition) is 5. The van der Waals surface area contributed by atoms with Crippen molar-refractivity contribution < 1.29 is 22.3 Å². The molecular weight excluding hydrogens is 407 g/mol. The molecule has 0 atom stereocenters. The number of nitrogens with zero attached hydrogens (tertiary/aromatic N) is 1. The molecule has 2 rings (SSSR count). The van der Waals surface area contributed by atoms with E-state index >= 15 is 0 Å². The molecule has 156 valence electrons. The fourth-order valence-corrected chi connectivity index (χ4v) is 4.13. The summed E-state index contributed by atoms with van der Waals surface area (Å²) in [6.07, 6.45) is 0.487. The first-order valence-electron chi connectivity index (χ1n) is 8.64. The summed E-state index contributed by atoms with van der Waals surface area (Å²) in [5, 5.41) is 0. The minimum Gasteiger partial charge on any atom is -0.490 e. The molecule has 0 unspecified atom stereocenters. The number of methoxy groups -OCH3 is 1. The Labute approximate surface area is 171 Å². The van der Waals surface area contributed by atoms with E-state index in [0.29, 0.717) is 13.0 Å². The van der Waals surface area contributed by atoms with Gasteiger partial charge in [-0.15, -0.1) is 12.4 Å². The standard InChI is InChI=1S/C19H25FN2O4S.ClH/c1-25-12-13-26-18-9-8-17(20)14-19(18)27(23,24)22(11-5-10-21)15-16-6-3-2-4-7-16;/h2-4,6-9,14H,5,10-13,15,21H2,1H3;1H. The van der Waals surface area contributed by atoms with Gasteiger partial charge in [-0.25, -0.2) is 12.8 Å². The van der Waals surface area contributed by atoms with Crippen molar-refractivity contribution >= 4 is 22.4 Å². The van der Waals surface area contributed by atoms with E-state index in [4.69, 9.17) is 15.2 Å². The van der Waals surface area contributed by atoms with Gasteiger partial charge in [0, 0.05) is 20.2 Å². The Kier molecular flexibility index (Phi) is 10.4. The monoisotopic (exact) mass is 432 g/mol. The summed E-state index contributed by atoms with van der Waals surface area (Å²) in [5.74, 6) is -0.551. The molecule has 0 spiro atoms. The van der Waals surface area contributed by atoms with Crippen LogP contribution in [-0.2, 0) is 21.3 Å². The van der Waals surface area contributed by atoms with Crippen LogP contribution in [0.25, 0.3) is 0 Å². The molecule has 2 aromatic carbocycles. The van der Waals surface area contributed by atoms with E-state index in [0.717, 1.165) is 11.6 Å². The van der Waals surface area contributed by atoms with Gasteiger partial charge in [0.15, 0.2) is 0 Å². The van der Waals surface area contributed by atoms with Crippen LogP contribution in [0.15, 0.2) is 53.4 Å². The molecule has 0 aliphatic carbocycles. The molecule has 0 fully saturated rings. The summed E-state index contributed by atoms with van der Waals surface area (Å²) in [7, 11) is -2.48. The fraction of sp³-hybridized carbons (Fsp3) is 0.368. The molecule has 28 heavy (non-hydrogen) atoms. The highest BCUT2D eigenvalue weighted by Gasteiger charge is 2.28. The minimum atomic E-state index is -3.99.